The topological polar surface area (TPSA) is 31.9 Å². The summed E-state index contributed by atoms with van der Waals surface area (Å²) < 4.78 is 0. The predicted octanol–water partition coefficient (Wildman–Crippen LogP) is 6.28. The van der Waals surface area contributed by atoms with Crippen molar-refractivity contribution in [3.63, 3.8) is 0 Å². The number of benzene rings is 1. The van der Waals surface area contributed by atoms with Gasteiger partial charge in [-0.1, -0.05) is 24.3 Å². The molecule has 4 heteroatoms. The van der Waals surface area contributed by atoms with E-state index in [-0.39, 0.29) is 0 Å². The van der Waals surface area contributed by atoms with Crippen LogP contribution in [0.1, 0.15) is 24.5 Å². The molecule has 1 saturated heterocycles. The lowest BCUT2D eigenvalue weighted by atomic mass is 9.93. The minimum Gasteiger partial charge on any atom is -0.358 e. The summed E-state index contributed by atoms with van der Waals surface area (Å²) in [7, 11) is 2.22. The lowest BCUT2D eigenvalue weighted by Crippen LogP contribution is -2.29. The Labute approximate surface area is 176 Å². The summed E-state index contributed by atoms with van der Waals surface area (Å²) in [6, 6.07) is 17.7. The summed E-state index contributed by atoms with van der Waals surface area (Å²) in [5.74, 6) is 0.602. The van der Waals surface area contributed by atoms with Gasteiger partial charge in [0.25, 0.3) is 0 Å². The van der Waals surface area contributed by atoms with Gasteiger partial charge in [0.1, 0.15) is 0 Å². The number of aromatic amines is 1. The van der Waals surface area contributed by atoms with E-state index in [1.807, 2.05) is 12.4 Å². The fraction of sp³-hybridized carbons (Fsp3) is 0.240. The number of hydrogen-bond donors (Lipinski definition) is 1. The number of thiophene rings is 1. The van der Waals surface area contributed by atoms with Crippen LogP contribution in [0.4, 0.5) is 0 Å². The Morgan fingerprint density at radius 3 is 2.31 bits per heavy atom. The number of rotatable bonds is 4. The van der Waals surface area contributed by atoms with E-state index >= 15 is 0 Å². The monoisotopic (exact) mass is 399 g/mol. The van der Waals surface area contributed by atoms with Gasteiger partial charge in [-0.25, -0.2) is 0 Å². The smallest absolute Gasteiger partial charge is 0.0535 e. The van der Waals surface area contributed by atoms with Gasteiger partial charge in [-0.3, -0.25) is 4.98 Å². The van der Waals surface area contributed by atoms with Crippen molar-refractivity contribution in [2.75, 3.05) is 20.1 Å². The maximum absolute atomic E-state index is 4.20. The molecule has 1 aliphatic rings. The van der Waals surface area contributed by atoms with Crippen molar-refractivity contribution in [2.45, 2.75) is 18.8 Å². The van der Waals surface area contributed by atoms with E-state index in [4.69, 9.17) is 0 Å². The molecule has 4 heterocycles. The third-order valence-electron chi connectivity index (χ3n) is 6.02. The Bertz CT molecular complexity index is 1060. The molecular weight excluding hydrogens is 374 g/mol. The van der Waals surface area contributed by atoms with E-state index in [0.717, 1.165) is 0 Å². The lowest BCUT2D eigenvalue weighted by Gasteiger charge is -2.28. The molecule has 0 bridgehead atoms. The molecule has 4 aromatic rings. The van der Waals surface area contributed by atoms with Crippen LogP contribution in [0.3, 0.4) is 0 Å². The fourth-order valence-electron chi connectivity index (χ4n) is 4.26. The molecule has 0 spiro atoms. The number of hydrogen-bond acceptors (Lipinski definition) is 3. The molecular formula is C25H25N3S. The molecule has 1 fully saturated rings. The van der Waals surface area contributed by atoms with Crippen molar-refractivity contribution < 1.29 is 0 Å². The minimum atomic E-state index is 0.602. The summed E-state index contributed by atoms with van der Waals surface area (Å²) in [5.41, 5.74) is 8.84. The Balaban J connectivity index is 1.54. The lowest BCUT2D eigenvalue weighted by molar-refractivity contribution is 0.253. The van der Waals surface area contributed by atoms with Gasteiger partial charge in [-0.15, -0.1) is 0 Å². The average molecular weight is 400 g/mol. The molecule has 0 atom stereocenters. The highest BCUT2D eigenvalue weighted by molar-refractivity contribution is 7.08. The quantitative estimate of drug-likeness (QED) is 0.438. The van der Waals surface area contributed by atoms with Crippen LogP contribution >= 0.6 is 11.3 Å². The number of pyridine rings is 1. The third-order valence-corrected chi connectivity index (χ3v) is 6.70. The predicted molar refractivity (Wildman–Crippen MR) is 122 cm³/mol. The van der Waals surface area contributed by atoms with E-state index in [1.165, 1.54) is 65.1 Å². The van der Waals surface area contributed by atoms with Gasteiger partial charge in [0.2, 0.25) is 0 Å². The highest BCUT2D eigenvalue weighted by atomic mass is 32.1. The summed E-state index contributed by atoms with van der Waals surface area (Å²) >= 11 is 1.74. The Morgan fingerprint density at radius 1 is 0.897 bits per heavy atom. The molecule has 3 aromatic heterocycles. The number of likely N-dealkylation sites (tertiary alicyclic amines) is 1. The van der Waals surface area contributed by atoms with Gasteiger partial charge in [0.05, 0.1) is 5.69 Å². The van der Waals surface area contributed by atoms with E-state index < -0.39 is 0 Å². The van der Waals surface area contributed by atoms with Gasteiger partial charge in [-0.2, -0.15) is 11.3 Å². The fourth-order valence-corrected chi connectivity index (χ4v) is 4.92. The molecule has 1 aromatic carbocycles. The zero-order valence-corrected chi connectivity index (χ0v) is 17.5. The highest BCUT2D eigenvalue weighted by Crippen LogP contribution is 2.37. The first-order valence-electron chi connectivity index (χ1n) is 10.2. The van der Waals surface area contributed by atoms with Gasteiger partial charge >= 0.3 is 0 Å². The number of nitrogens with zero attached hydrogens (tertiary/aromatic N) is 2. The highest BCUT2D eigenvalue weighted by Gasteiger charge is 2.22. The van der Waals surface area contributed by atoms with Crippen molar-refractivity contribution in [1.29, 1.82) is 0 Å². The van der Waals surface area contributed by atoms with Gasteiger partial charge in [0.15, 0.2) is 0 Å². The van der Waals surface area contributed by atoms with Gasteiger partial charge in [-0.05, 0) is 90.3 Å². The van der Waals surface area contributed by atoms with Crippen molar-refractivity contribution in [3.8, 4) is 33.5 Å². The molecule has 1 aliphatic heterocycles. The van der Waals surface area contributed by atoms with Crippen molar-refractivity contribution in [2.24, 2.45) is 0 Å². The molecule has 1 N–H and O–H groups in total. The van der Waals surface area contributed by atoms with Crippen molar-refractivity contribution >= 4 is 11.3 Å². The summed E-state index contributed by atoms with van der Waals surface area (Å²) in [6.45, 7) is 2.33. The standard InChI is InChI=1S/C25H25N3S/c1-28-13-8-20(9-14-28)24-16-23(19-6-11-26-12-7-19)25(27-24)21-4-2-18(3-5-21)22-10-15-29-17-22/h2-7,10-12,15-17,20,27H,8-9,13-14H2,1H3. The number of piperidine rings is 1. The normalized spacial score (nSPS) is 15.6. The van der Waals surface area contributed by atoms with Crippen LogP contribution in [0.5, 0.6) is 0 Å². The maximum atomic E-state index is 4.20. The minimum absolute atomic E-state index is 0.602. The van der Waals surface area contributed by atoms with Crippen LogP contribution < -0.4 is 0 Å². The van der Waals surface area contributed by atoms with E-state index in [9.17, 15) is 0 Å². The first-order chi connectivity index (χ1) is 14.3. The second kappa shape index (κ2) is 7.97. The molecule has 146 valence electrons. The zero-order chi connectivity index (χ0) is 19.6. The Morgan fingerprint density at radius 2 is 1.62 bits per heavy atom. The summed E-state index contributed by atoms with van der Waals surface area (Å²) in [6.07, 6.45) is 6.18. The van der Waals surface area contributed by atoms with Crippen LogP contribution in [0.2, 0.25) is 0 Å². The Hall–Kier alpha value is -2.69. The molecule has 0 unspecified atom stereocenters. The molecule has 3 nitrogen and oxygen atoms in total. The van der Waals surface area contributed by atoms with Crippen LogP contribution in [0.15, 0.2) is 71.7 Å². The Kier molecular flexibility index (Phi) is 5.04. The summed E-state index contributed by atoms with van der Waals surface area (Å²) in [4.78, 5) is 10.4. The third kappa shape index (κ3) is 3.78. The molecule has 0 amide bonds. The molecule has 0 aliphatic carbocycles. The number of H-pyrrole nitrogens is 1. The van der Waals surface area contributed by atoms with E-state index in [1.54, 1.807) is 11.3 Å². The second-order valence-corrected chi connectivity index (χ2v) is 8.70. The molecule has 29 heavy (non-hydrogen) atoms. The van der Waals surface area contributed by atoms with Crippen molar-refractivity contribution in [3.05, 3.63) is 77.4 Å². The average Bonchev–Trinajstić information content (AvgIpc) is 3.46. The molecule has 0 saturated carbocycles. The summed E-state index contributed by atoms with van der Waals surface area (Å²) in [5, 5.41) is 4.33. The van der Waals surface area contributed by atoms with Gasteiger partial charge in [0, 0.05) is 29.6 Å². The van der Waals surface area contributed by atoms with E-state index in [2.05, 4.69) is 81.2 Å². The van der Waals surface area contributed by atoms with Crippen LogP contribution in [-0.4, -0.2) is 35.0 Å². The maximum Gasteiger partial charge on any atom is 0.0535 e. The SMILES string of the molecule is CN1CCC(c2cc(-c3ccncc3)c(-c3ccc(-c4ccsc4)cc3)[nH]2)CC1. The second-order valence-electron chi connectivity index (χ2n) is 7.92. The van der Waals surface area contributed by atoms with Crippen LogP contribution in [-0.2, 0) is 0 Å². The van der Waals surface area contributed by atoms with Crippen LogP contribution in [0.25, 0.3) is 33.5 Å². The zero-order valence-electron chi connectivity index (χ0n) is 16.6. The molecule has 0 radical (unpaired) electrons. The first-order valence-corrected chi connectivity index (χ1v) is 11.2. The van der Waals surface area contributed by atoms with Crippen molar-refractivity contribution in [1.82, 2.24) is 14.9 Å². The first kappa shape index (κ1) is 18.3. The molecule has 5 rings (SSSR count). The van der Waals surface area contributed by atoms with Gasteiger partial charge < -0.3 is 9.88 Å². The number of nitrogens with one attached hydrogen (secondary N) is 1. The largest absolute Gasteiger partial charge is 0.358 e. The van der Waals surface area contributed by atoms with Crippen LogP contribution in [0, 0.1) is 0 Å². The number of aromatic nitrogens is 2. The van der Waals surface area contributed by atoms with E-state index in [0.29, 0.717) is 5.92 Å².